The molecule has 0 spiro atoms. The molecule has 2 fully saturated rings. The van der Waals surface area contributed by atoms with Gasteiger partial charge in [-0.1, -0.05) is 17.7 Å². The van der Waals surface area contributed by atoms with Crippen molar-refractivity contribution in [3.8, 4) is 0 Å². The van der Waals surface area contributed by atoms with Crippen LogP contribution in [0.1, 0.15) is 66.6 Å². The highest BCUT2D eigenvalue weighted by atomic mass is 32.2. The summed E-state index contributed by atoms with van der Waals surface area (Å²) in [5.74, 6) is 0.0648. The maximum Gasteiger partial charge on any atom is 0.320 e. The first-order valence-corrected chi connectivity index (χ1v) is 19.0. The Hall–Kier alpha value is -3.61. The number of hydrogen-bond acceptors (Lipinski definition) is 13. The van der Waals surface area contributed by atoms with Crippen molar-refractivity contribution in [3.63, 3.8) is 0 Å². The van der Waals surface area contributed by atoms with Crippen molar-refractivity contribution < 1.29 is 43.2 Å². The maximum absolute atomic E-state index is 12.3. The molecule has 0 unspecified atom stereocenters. The van der Waals surface area contributed by atoms with Crippen LogP contribution in [0.15, 0.2) is 24.4 Å². The van der Waals surface area contributed by atoms with Gasteiger partial charge in [-0.3, -0.25) is 19.2 Å². The van der Waals surface area contributed by atoms with Crippen LogP contribution >= 0.6 is 11.8 Å². The number of hydrogen-bond donors (Lipinski definition) is 5. The maximum atomic E-state index is 12.3. The minimum absolute atomic E-state index is 0.0435. The fourth-order valence-corrected chi connectivity index (χ4v) is 7.75. The van der Waals surface area contributed by atoms with Crippen LogP contribution in [0, 0.1) is 5.92 Å². The van der Waals surface area contributed by atoms with Gasteiger partial charge in [0.25, 0.3) is 0 Å². The van der Waals surface area contributed by atoms with Gasteiger partial charge in [0.1, 0.15) is 11.7 Å². The van der Waals surface area contributed by atoms with E-state index >= 15 is 0 Å². The highest BCUT2D eigenvalue weighted by Gasteiger charge is 2.42. The number of anilines is 1. The molecule has 2 amide bonds. The minimum Gasteiger partial charge on any atom is -0.480 e. The zero-order valence-corrected chi connectivity index (χ0v) is 30.5. The van der Waals surface area contributed by atoms with Crippen LogP contribution in [0.4, 0.5) is 5.69 Å². The van der Waals surface area contributed by atoms with E-state index in [9.17, 15) is 19.2 Å². The van der Waals surface area contributed by atoms with Gasteiger partial charge in [0.2, 0.25) is 11.8 Å². The van der Waals surface area contributed by atoms with Gasteiger partial charge >= 0.3 is 5.97 Å². The number of aryl methyl sites for hydroxylation is 1. The van der Waals surface area contributed by atoms with E-state index in [1.807, 2.05) is 18.0 Å². The number of nitrogen functional groups attached to an aromatic ring is 1. The second-order valence-electron chi connectivity index (χ2n) is 13.0. The molecule has 17 heteroatoms. The molecule has 2 aliphatic rings. The van der Waals surface area contributed by atoms with Crippen LogP contribution in [0.2, 0.25) is 0 Å². The topological polar surface area (TPSA) is 232 Å². The third-order valence-corrected chi connectivity index (χ3v) is 10.5. The number of carboxylic acids is 1. The van der Waals surface area contributed by atoms with Crippen molar-refractivity contribution in [2.75, 3.05) is 64.3 Å². The molecule has 288 valence electrons. The van der Waals surface area contributed by atoms with Crippen molar-refractivity contribution in [2.45, 2.75) is 81.9 Å². The summed E-state index contributed by atoms with van der Waals surface area (Å²) < 4.78 is 24.1. The molecule has 16 nitrogen and oxygen atoms in total. The monoisotopic (exact) mass is 747 g/mol. The summed E-state index contributed by atoms with van der Waals surface area (Å²) in [5, 5.41) is 23.6. The molecule has 0 saturated carbocycles. The molecule has 2 aromatic rings. The van der Waals surface area contributed by atoms with E-state index in [2.05, 4.69) is 20.9 Å². The second-order valence-corrected chi connectivity index (χ2v) is 14.2. The zero-order chi connectivity index (χ0) is 37.1. The number of carboxylic acid groups (broad SMARTS) is 1. The van der Waals surface area contributed by atoms with Gasteiger partial charge < -0.3 is 46.2 Å². The van der Waals surface area contributed by atoms with E-state index < -0.39 is 17.8 Å². The first-order chi connectivity index (χ1) is 25.2. The third kappa shape index (κ3) is 14.4. The number of carbonyl (C=O) groups is 4. The fourth-order valence-electron chi connectivity index (χ4n) is 6.10. The van der Waals surface area contributed by atoms with E-state index in [1.54, 1.807) is 22.9 Å². The lowest BCUT2D eigenvalue weighted by Crippen LogP contribution is -2.32. The standard InChI is InChI=1S/C35H53N7O9S/c36-28-18-24(7-8-26(28)31(43)20-29(37)35(46)47)4-3-11-51-22-25-21-42(41-40-25)10-13-49-15-17-50-16-14-48-12-9-38-33(44)6-2-1-5-32-27-19-34(45)39-30(27)23-52-32/h7-8,18,21,27,29-30,32H,1-6,9-17,19-20,22-23,36-37H2,(H,38,44)(H,39,45)(H,46,47)/t27-,29-,30-,32-/m0/s1. The Bertz CT molecular complexity index is 1450. The molecule has 4 atom stereocenters. The van der Waals surface area contributed by atoms with Gasteiger partial charge in [0, 0.05) is 66.6 Å². The number of rotatable bonds is 27. The van der Waals surface area contributed by atoms with Crippen LogP contribution in [-0.4, -0.2) is 120 Å². The largest absolute Gasteiger partial charge is 0.480 e. The Balaban J connectivity index is 0.907. The average molecular weight is 748 g/mol. The number of ether oxygens (including phenoxy) is 4. The van der Waals surface area contributed by atoms with Gasteiger partial charge in [0.15, 0.2) is 5.78 Å². The number of ketones is 1. The first-order valence-electron chi connectivity index (χ1n) is 18.0. The van der Waals surface area contributed by atoms with E-state index in [4.69, 9.17) is 35.5 Å². The summed E-state index contributed by atoms with van der Waals surface area (Å²) in [5.41, 5.74) is 13.7. The molecule has 4 rings (SSSR count). The SMILES string of the molecule is Nc1cc(CCCOCc2cn(CCOCCOCCOCCNC(=O)CCCC[C@@H]3SC[C@@H]4NC(=O)C[C@@H]43)nn2)ccc1C(=O)C[C@H](N)C(=O)O. The van der Waals surface area contributed by atoms with E-state index in [-0.39, 0.29) is 23.8 Å². The van der Waals surface area contributed by atoms with Gasteiger partial charge in [-0.05, 0) is 43.4 Å². The molecule has 0 bridgehead atoms. The number of aliphatic carboxylic acids is 1. The van der Waals surface area contributed by atoms with Gasteiger partial charge in [-0.2, -0.15) is 11.8 Å². The van der Waals surface area contributed by atoms with Crippen molar-refractivity contribution in [2.24, 2.45) is 11.7 Å². The molecule has 2 saturated heterocycles. The fraction of sp³-hybridized carbons (Fsp3) is 0.657. The minimum atomic E-state index is -1.26. The van der Waals surface area contributed by atoms with E-state index in [0.717, 1.165) is 37.0 Å². The number of Topliss-reactive ketones (excluding diaryl/α,β-unsaturated/α-hetero) is 1. The molecule has 2 aliphatic heterocycles. The van der Waals surface area contributed by atoms with Crippen molar-refractivity contribution >= 4 is 41.0 Å². The lowest BCUT2D eigenvalue weighted by atomic mass is 9.94. The number of amides is 2. The summed E-state index contributed by atoms with van der Waals surface area (Å²) in [6.07, 6.45) is 7.02. The number of fused-ring (bicyclic) bond motifs is 1. The number of unbranched alkanes of at least 4 members (excludes halogenated alkanes) is 1. The molecule has 1 aromatic heterocycles. The molecule has 0 radical (unpaired) electrons. The van der Waals surface area contributed by atoms with Crippen LogP contribution in [-0.2, 0) is 52.9 Å². The van der Waals surface area contributed by atoms with Gasteiger partial charge in [-0.15, -0.1) is 5.10 Å². The summed E-state index contributed by atoms with van der Waals surface area (Å²) in [6.45, 7) is 4.51. The summed E-state index contributed by atoms with van der Waals surface area (Å²) in [6, 6.07) is 4.20. The molecular weight excluding hydrogens is 694 g/mol. The van der Waals surface area contributed by atoms with Gasteiger partial charge in [-0.25, -0.2) is 4.68 Å². The average Bonchev–Trinajstić information content (AvgIpc) is 3.83. The predicted octanol–water partition coefficient (Wildman–Crippen LogP) is 1.34. The number of thioether (sulfide) groups is 1. The lowest BCUT2D eigenvalue weighted by Gasteiger charge is -2.15. The highest BCUT2D eigenvalue weighted by Crippen LogP contribution is 2.40. The number of nitrogens with two attached hydrogens (primary N) is 2. The normalized spacial score (nSPS) is 18.6. The molecule has 0 aliphatic carbocycles. The van der Waals surface area contributed by atoms with Crippen molar-refractivity contribution in [3.05, 3.63) is 41.2 Å². The summed E-state index contributed by atoms with van der Waals surface area (Å²) in [7, 11) is 0. The quantitative estimate of drug-likeness (QED) is 0.0493. The predicted molar refractivity (Wildman–Crippen MR) is 194 cm³/mol. The van der Waals surface area contributed by atoms with Crippen molar-refractivity contribution in [1.82, 2.24) is 25.6 Å². The number of aromatic nitrogens is 3. The Labute approximate surface area is 308 Å². The molecule has 3 heterocycles. The second kappa shape index (κ2) is 22.5. The Morgan fingerprint density at radius 2 is 1.81 bits per heavy atom. The number of nitrogens with zero attached hydrogens (tertiary/aromatic N) is 3. The smallest absolute Gasteiger partial charge is 0.320 e. The van der Waals surface area contributed by atoms with Crippen molar-refractivity contribution in [1.29, 1.82) is 0 Å². The van der Waals surface area contributed by atoms with Crippen LogP contribution in [0.3, 0.4) is 0 Å². The van der Waals surface area contributed by atoms with Crippen LogP contribution in [0.5, 0.6) is 0 Å². The molecule has 1 aromatic carbocycles. The first kappa shape index (κ1) is 41.2. The van der Waals surface area contributed by atoms with E-state index in [1.165, 1.54) is 0 Å². The Kier molecular flexibility index (Phi) is 17.8. The van der Waals surface area contributed by atoms with Crippen LogP contribution in [0.25, 0.3) is 0 Å². The molecular formula is C35H53N7O9S. The Morgan fingerprint density at radius 3 is 2.58 bits per heavy atom. The van der Waals surface area contributed by atoms with Gasteiger partial charge in [0.05, 0.1) is 59.0 Å². The number of nitrogens with one attached hydrogen (secondary N) is 2. The number of carbonyl (C=O) groups excluding carboxylic acids is 3. The Morgan fingerprint density at radius 1 is 1.04 bits per heavy atom. The van der Waals surface area contributed by atoms with Crippen LogP contribution < -0.4 is 22.1 Å². The third-order valence-electron chi connectivity index (χ3n) is 8.90. The molecule has 52 heavy (non-hydrogen) atoms. The lowest BCUT2D eigenvalue weighted by molar-refractivity contribution is -0.138. The number of benzene rings is 1. The zero-order valence-electron chi connectivity index (χ0n) is 29.7. The summed E-state index contributed by atoms with van der Waals surface area (Å²) in [4.78, 5) is 46.8. The molecule has 7 N–H and O–H groups in total. The highest BCUT2D eigenvalue weighted by molar-refractivity contribution is 8.00. The van der Waals surface area contributed by atoms with E-state index in [0.29, 0.717) is 114 Å². The summed E-state index contributed by atoms with van der Waals surface area (Å²) >= 11 is 1.96.